The number of hydrogen-bond donors (Lipinski definition) is 1. The van der Waals surface area contributed by atoms with Crippen molar-refractivity contribution in [1.29, 1.82) is 0 Å². The molecule has 4 rings (SSSR count). The summed E-state index contributed by atoms with van der Waals surface area (Å²) in [6.45, 7) is 0. The van der Waals surface area contributed by atoms with Gasteiger partial charge in [0.25, 0.3) is 5.56 Å². The SMILES string of the molecule is COc1cccc(-n2cnc3c(c2=O)SC2NC=CC(N(C)C)=C32)c1. The van der Waals surface area contributed by atoms with E-state index >= 15 is 0 Å². The molecule has 1 atom stereocenters. The van der Waals surface area contributed by atoms with E-state index in [1.54, 1.807) is 18.0 Å². The van der Waals surface area contributed by atoms with E-state index < -0.39 is 0 Å². The summed E-state index contributed by atoms with van der Waals surface area (Å²) in [5.41, 5.74) is 3.57. The van der Waals surface area contributed by atoms with Crippen molar-refractivity contribution in [2.45, 2.75) is 10.3 Å². The average Bonchev–Trinajstić information content (AvgIpc) is 3.01. The molecule has 2 aliphatic rings. The predicted octanol–water partition coefficient (Wildman–Crippen LogP) is 2.06. The number of allylic oxidation sites excluding steroid dienone is 1. The van der Waals surface area contributed by atoms with Crippen molar-refractivity contribution < 1.29 is 4.74 Å². The molecule has 0 aliphatic carbocycles. The second-order valence-corrected chi connectivity index (χ2v) is 7.11. The molecule has 1 N–H and O–H groups in total. The molecule has 25 heavy (non-hydrogen) atoms. The van der Waals surface area contributed by atoms with Gasteiger partial charge in [-0.1, -0.05) is 17.8 Å². The highest BCUT2D eigenvalue weighted by atomic mass is 32.2. The molecule has 0 radical (unpaired) electrons. The lowest BCUT2D eigenvalue weighted by Gasteiger charge is -2.24. The van der Waals surface area contributed by atoms with E-state index in [9.17, 15) is 4.79 Å². The summed E-state index contributed by atoms with van der Waals surface area (Å²) in [5, 5.41) is 3.32. The van der Waals surface area contributed by atoms with Crippen molar-refractivity contribution in [2.75, 3.05) is 21.2 Å². The van der Waals surface area contributed by atoms with E-state index in [4.69, 9.17) is 4.74 Å². The zero-order chi connectivity index (χ0) is 17.6. The first kappa shape index (κ1) is 15.8. The number of likely N-dealkylation sites (N-methyl/N-ethyl adjacent to an activating group) is 1. The smallest absolute Gasteiger partial charge is 0.272 e. The first-order valence-corrected chi connectivity index (χ1v) is 8.75. The lowest BCUT2D eigenvalue weighted by atomic mass is 10.1. The van der Waals surface area contributed by atoms with Crippen molar-refractivity contribution in [1.82, 2.24) is 19.8 Å². The number of nitrogens with one attached hydrogen (secondary N) is 1. The van der Waals surface area contributed by atoms with Crippen LogP contribution in [0.1, 0.15) is 5.69 Å². The average molecular weight is 354 g/mol. The van der Waals surface area contributed by atoms with E-state index in [1.807, 2.05) is 55.5 Å². The molecule has 3 heterocycles. The van der Waals surface area contributed by atoms with Crippen molar-refractivity contribution in [2.24, 2.45) is 0 Å². The Bertz CT molecular complexity index is 962. The third-order valence-electron chi connectivity index (χ3n) is 4.26. The molecule has 1 aromatic carbocycles. The molecule has 0 bridgehead atoms. The number of benzene rings is 1. The lowest BCUT2D eigenvalue weighted by molar-refractivity contribution is 0.414. The molecule has 0 fully saturated rings. The summed E-state index contributed by atoms with van der Waals surface area (Å²) in [6, 6.07) is 7.41. The number of methoxy groups -OCH3 is 1. The van der Waals surface area contributed by atoms with E-state index in [0.717, 1.165) is 22.7 Å². The van der Waals surface area contributed by atoms with Crippen LogP contribution < -0.4 is 15.6 Å². The third-order valence-corrected chi connectivity index (χ3v) is 5.47. The molecule has 1 aromatic heterocycles. The molecular formula is C18H18N4O2S. The van der Waals surface area contributed by atoms with Crippen molar-refractivity contribution in [3.05, 3.63) is 64.6 Å². The van der Waals surface area contributed by atoms with Gasteiger partial charge in [-0.25, -0.2) is 4.98 Å². The van der Waals surface area contributed by atoms with Gasteiger partial charge in [-0.05, 0) is 24.4 Å². The summed E-state index contributed by atoms with van der Waals surface area (Å²) in [6.07, 6.45) is 5.53. The van der Waals surface area contributed by atoms with Crippen molar-refractivity contribution in [3.63, 3.8) is 0 Å². The number of aromatic nitrogens is 2. The van der Waals surface area contributed by atoms with Crippen LogP contribution in [0.15, 0.2) is 58.3 Å². The Hall–Kier alpha value is -2.67. The predicted molar refractivity (Wildman–Crippen MR) is 98.9 cm³/mol. The van der Waals surface area contributed by atoms with Gasteiger partial charge in [0.05, 0.1) is 18.5 Å². The molecule has 2 aromatic rings. The summed E-state index contributed by atoms with van der Waals surface area (Å²) in [4.78, 5) is 20.4. The van der Waals surface area contributed by atoms with Crippen LogP contribution in [-0.2, 0) is 0 Å². The van der Waals surface area contributed by atoms with E-state index in [1.165, 1.54) is 11.8 Å². The maximum absolute atomic E-state index is 13.1. The zero-order valence-electron chi connectivity index (χ0n) is 14.2. The van der Waals surface area contributed by atoms with Gasteiger partial charge < -0.3 is 15.0 Å². The Balaban J connectivity index is 1.87. The molecule has 0 saturated heterocycles. The first-order valence-electron chi connectivity index (χ1n) is 7.87. The van der Waals surface area contributed by atoms with E-state index in [2.05, 4.69) is 10.3 Å². The normalized spacial score (nSPS) is 17.8. The summed E-state index contributed by atoms with van der Waals surface area (Å²) >= 11 is 1.51. The fourth-order valence-electron chi connectivity index (χ4n) is 3.05. The van der Waals surface area contributed by atoms with Gasteiger partial charge in [0.2, 0.25) is 0 Å². The Morgan fingerprint density at radius 3 is 2.96 bits per heavy atom. The van der Waals surface area contributed by atoms with Gasteiger partial charge in [-0.15, -0.1) is 0 Å². The van der Waals surface area contributed by atoms with Crippen LogP contribution in [0.3, 0.4) is 0 Å². The monoisotopic (exact) mass is 354 g/mol. The number of nitrogens with zero attached hydrogens (tertiary/aromatic N) is 3. The van der Waals surface area contributed by atoms with Gasteiger partial charge >= 0.3 is 0 Å². The van der Waals surface area contributed by atoms with E-state index in [0.29, 0.717) is 10.6 Å². The van der Waals surface area contributed by atoms with Crippen LogP contribution in [0.4, 0.5) is 0 Å². The minimum Gasteiger partial charge on any atom is -0.497 e. The maximum Gasteiger partial charge on any atom is 0.272 e. The molecular weight excluding hydrogens is 336 g/mol. The Kier molecular flexibility index (Phi) is 3.80. The second-order valence-electron chi connectivity index (χ2n) is 5.99. The van der Waals surface area contributed by atoms with Crippen LogP contribution in [0.2, 0.25) is 0 Å². The number of dihydropyridines is 1. The molecule has 128 valence electrons. The summed E-state index contributed by atoms with van der Waals surface area (Å²) in [5.74, 6) is 0.703. The highest BCUT2D eigenvalue weighted by Crippen LogP contribution is 2.44. The van der Waals surface area contributed by atoms with Crippen LogP contribution in [-0.4, -0.2) is 41.0 Å². The highest BCUT2D eigenvalue weighted by Gasteiger charge is 2.35. The minimum absolute atomic E-state index is 0.0127. The van der Waals surface area contributed by atoms with Crippen LogP contribution in [0, 0.1) is 0 Å². The minimum atomic E-state index is -0.0648. The maximum atomic E-state index is 13.1. The van der Waals surface area contributed by atoms with Crippen LogP contribution >= 0.6 is 11.8 Å². The molecule has 0 amide bonds. The van der Waals surface area contributed by atoms with Crippen molar-refractivity contribution >= 4 is 17.3 Å². The molecule has 1 unspecified atom stereocenters. The number of hydrogen-bond acceptors (Lipinski definition) is 6. The number of thioether (sulfide) groups is 1. The standard InChI is InChI=1S/C18H18N4O2S/c1-21(2)13-7-8-19-17-14(13)15-16(25-17)18(23)22(10-20-15)11-5-4-6-12(9-11)24-3/h4-10,17,19H,1-3H3. The largest absolute Gasteiger partial charge is 0.497 e. The van der Waals surface area contributed by atoms with Gasteiger partial charge in [-0.2, -0.15) is 0 Å². The third kappa shape index (κ3) is 2.51. The quantitative estimate of drug-likeness (QED) is 0.911. The lowest BCUT2D eigenvalue weighted by Crippen LogP contribution is -2.27. The number of rotatable bonds is 3. The van der Waals surface area contributed by atoms with Gasteiger partial charge in [-0.3, -0.25) is 9.36 Å². The Morgan fingerprint density at radius 1 is 1.36 bits per heavy atom. The van der Waals surface area contributed by atoms with Crippen LogP contribution in [0.25, 0.3) is 11.3 Å². The molecule has 0 spiro atoms. The highest BCUT2D eigenvalue weighted by molar-refractivity contribution is 8.00. The van der Waals surface area contributed by atoms with Gasteiger partial charge in [0.1, 0.15) is 22.3 Å². The zero-order valence-corrected chi connectivity index (χ0v) is 15.0. The second kappa shape index (κ2) is 6.00. The fraction of sp³-hybridized carbons (Fsp3) is 0.222. The number of ether oxygens (including phenoxy) is 1. The first-order chi connectivity index (χ1) is 12.1. The number of fused-ring (bicyclic) bond motifs is 3. The fourth-order valence-corrected chi connectivity index (χ4v) is 4.25. The molecule has 2 aliphatic heterocycles. The topological polar surface area (TPSA) is 59.4 Å². The molecule has 0 saturated carbocycles. The van der Waals surface area contributed by atoms with Gasteiger partial charge in [0, 0.05) is 31.4 Å². The van der Waals surface area contributed by atoms with Crippen molar-refractivity contribution in [3.8, 4) is 11.4 Å². The Labute approximate surface area is 149 Å². The Morgan fingerprint density at radius 2 is 2.20 bits per heavy atom. The van der Waals surface area contributed by atoms with Gasteiger partial charge in [0.15, 0.2) is 0 Å². The summed E-state index contributed by atoms with van der Waals surface area (Å²) in [7, 11) is 5.60. The molecule has 6 nitrogen and oxygen atoms in total. The van der Waals surface area contributed by atoms with E-state index in [-0.39, 0.29) is 10.9 Å². The van der Waals surface area contributed by atoms with Crippen LogP contribution in [0.5, 0.6) is 5.75 Å². The molecule has 7 heteroatoms. The summed E-state index contributed by atoms with van der Waals surface area (Å²) < 4.78 is 6.82.